The number of carbonyl (C=O) groups excluding carboxylic acids is 5. The zero-order chi connectivity index (χ0) is 38.2. The first-order valence-electron chi connectivity index (χ1n) is 19.1. The number of ketones is 2. The van der Waals surface area contributed by atoms with Crippen molar-refractivity contribution in [3.63, 3.8) is 0 Å². The summed E-state index contributed by atoms with van der Waals surface area (Å²) in [4.78, 5) is 61.9. The number of Topliss-reactive ketones (excluding diaryl/α,β-unsaturated/α-hetero) is 1. The average Bonchev–Trinajstić information content (AvgIpc) is 3.65. The van der Waals surface area contributed by atoms with E-state index in [1.165, 1.54) is 0 Å². The first-order chi connectivity index (χ1) is 25.4. The maximum Gasteiger partial charge on any atom is 0.509 e. The van der Waals surface area contributed by atoms with Gasteiger partial charge in [-0.05, 0) is 93.1 Å². The second-order valence-corrected chi connectivity index (χ2v) is 15.1. The van der Waals surface area contributed by atoms with Gasteiger partial charge in [0.05, 0.1) is 12.2 Å². The Hall–Kier alpha value is -4.07. The third kappa shape index (κ3) is 9.54. The second-order valence-electron chi connectivity index (χ2n) is 15.1. The van der Waals surface area contributed by atoms with Gasteiger partial charge in [-0.2, -0.15) is 0 Å². The molecule has 1 aromatic carbocycles. The molecular weight excluding hydrogens is 682 g/mol. The molecule has 13 nitrogen and oxygen atoms in total. The summed E-state index contributed by atoms with van der Waals surface area (Å²) in [5.41, 5.74) is 5.58. The minimum absolute atomic E-state index is 0.0118. The second kappa shape index (κ2) is 17.8. The summed E-state index contributed by atoms with van der Waals surface area (Å²) < 4.78 is 23.4. The minimum atomic E-state index is -1.28. The van der Waals surface area contributed by atoms with Crippen LogP contribution >= 0.6 is 0 Å². The van der Waals surface area contributed by atoms with E-state index < -0.39 is 48.3 Å². The Morgan fingerprint density at radius 3 is 2.58 bits per heavy atom. The Bertz CT molecular complexity index is 1560. The van der Waals surface area contributed by atoms with Crippen molar-refractivity contribution in [1.29, 1.82) is 0 Å². The maximum atomic E-state index is 14.0. The Balaban J connectivity index is 1.16. The number of nitrogens with one attached hydrogen (secondary N) is 2. The zero-order valence-electron chi connectivity index (χ0n) is 31.1. The van der Waals surface area contributed by atoms with E-state index in [4.69, 9.17) is 24.7 Å². The minimum Gasteiger partial charge on any atom is -0.429 e. The van der Waals surface area contributed by atoms with Crippen molar-refractivity contribution in [2.24, 2.45) is 28.9 Å². The number of nitrogens with two attached hydrogens (primary N) is 1. The van der Waals surface area contributed by atoms with Crippen LogP contribution in [-0.2, 0) is 39.9 Å². The molecule has 1 aliphatic heterocycles. The lowest BCUT2D eigenvalue weighted by atomic mass is 9.54. The number of unbranched alkanes of at least 4 members (excludes halogenated alkanes) is 1. The van der Waals surface area contributed by atoms with Crippen molar-refractivity contribution in [2.75, 3.05) is 18.5 Å². The molecule has 1 heterocycles. The van der Waals surface area contributed by atoms with Crippen LogP contribution in [0.4, 0.5) is 15.3 Å². The van der Waals surface area contributed by atoms with Crippen LogP contribution in [-0.4, -0.2) is 72.0 Å². The number of primary amides is 1. The molecule has 2 saturated carbocycles. The molecular formula is C40H55N3O10. The van der Waals surface area contributed by atoms with Gasteiger partial charge in [0.25, 0.3) is 0 Å². The van der Waals surface area contributed by atoms with Crippen LogP contribution in [0.3, 0.4) is 0 Å². The van der Waals surface area contributed by atoms with Gasteiger partial charge >= 0.3 is 12.2 Å². The van der Waals surface area contributed by atoms with Crippen molar-refractivity contribution in [1.82, 2.24) is 5.32 Å². The fourth-order valence-electron chi connectivity index (χ4n) is 8.85. The highest BCUT2D eigenvalue weighted by Gasteiger charge is 2.63. The lowest BCUT2D eigenvalue weighted by Gasteiger charge is -2.51. The fourth-order valence-corrected chi connectivity index (χ4v) is 8.85. The van der Waals surface area contributed by atoms with Crippen molar-refractivity contribution in [3.8, 4) is 0 Å². The van der Waals surface area contributed by atoms with Crippen molar-refractivity contribution < 1.29 is 48.0 Å². The number of allylic oxidation sites excluding steroid dienone is 4. The molecule has 13 heteroatoms. The van der Waals surface area contributed by atoms with Gasteiger partial charge in [0.2, 0.25) is 11.7 Å². The van der Waals surface area contributed by atoms with Gasteiger partial charge in [-0.1, -0.05) is 57.4 Å². The Morgan fingerprint density at radius 1 is 1.09 bits per heavy atom. The monoisotopic (exact) mass is 737 g/mol. The lowest BCUT2D eigenvalue weighted by molar-refractivity contribution is -0.152. The number of hydrogen-bond acceptors (Lipinski definition) is 10. The van der Waals surface area contributed by atoms with Gasteiger partial charge < -0.3 is 40.4 Å². The summed E-state index contributed by atoms with van der Waals surface area (Å²) in [5.74, 6) is -0.636. The van der Waals surface area contributed by atoms with Gasteiger partial charge in [0.15, 0.2) is 24.3 Å². The van der Waals surface area contributed by atoms with Crippen molar-refractivity contribution in [2.45, 2.75) is 122 Å². The van der Waals surface area contributed by atoms with Crippen molar-refractivity contribution in [3.05, 3.63) is 53.6 Å². The number of aliphatic hydroxyl groups excluding tert-OH is 1. The molecule has 5 N–H and O–H groups in total. The molecule has 290 valence electrons. The Labute approximate surface area is 311 Å². The predicted molar refractivity (Wildman–Crippen MR) is 195 cm³/mol. The number of amides is 3. The van der Waals surface area contributed by atoms with Crippen LogP contribution in [0.15, 0.2) is 48.1 Å². The first kappa shape index (κ1) is 40.1. The molecule has 1 saturated heterocycles. The van der Waals surface area contributed by atoms with Crippen LogP contribution in [0.5, 0.6) is 0 Å². The number of ether oxygens (including phenoxy) is 4. The largest absolute Gasteiger partial charge is 0.509 e. The molecule has 0 radical (unpaired) electrons. The summed E-state index contributed by atoms with van der Waals surface area (Å²) in [6, 6.07) is 6.21. The Kier molecular flexibility index (Phi) is 13.5. The summed E-state index contributed by atoms with van der Waals surface area (Å²) in [6.45, 7) is 5.96. The highest BCUT2D eigenvalue weighted by molar-refractivity contribution is 6.01. The molecule has 4 aliphatic rings. The van der Waals surface area contributed by atoms with Crippen LogP contribution in [0.2, 0.25) is 0 Å². The number of carbonyl (C=O) groups is 5. The predicted octanol–water partition coefficient (Wildman–Crippen LogP) is 5.64. The number of anilines is 1. The number of rotatable bonds is 17. The van der Waals surface area contributed by atoms with E-state index >= 15 is 0 Å². The van der Waals surface area contributed by atoms with Crippen LogP contribution in [0, 0.1) is 23.2 Å². The van der Waals surface area contributed by atoms with E-state index in [2.05, 4.69) is 17.6 Å². The molecule has 3 unspecified atom stereocenters. The standard InChI is InChI=1S/C40H55N3O10/c1-4-8-31(45)36-30(16-13-27-21-29(44)17-18-39(27,36)3)26-20-33-40(22-26,53-35(52-33)9-5-2)32(46)24-51-38(49)50-23-25-11-14-28(15-12-25)43-34(47)10-6-7-19-42-37(41)48/h11-12,14-15,17-18,21,26,30-31,33,35-36,45H,4-10,13,16,19-20,22-24H2,1-3H3,(H,43,47)(H3,41,42,48)/t26?,30?,31-,33+,35?,36+,39-,40+/m0/s1. The van der Waals surface area contributed by atoms with E-state index in [-0.39, 0.29) is 48.3 Å². The molecule has 5 rings (SSSR count). The van der Waals surface area contributed by atoms with Crippen LogP contribution in [0.1, 0.15) is 97.0 Å². The van der Waals surface area contributed by atoms with Gasteiger partial charge in [-0.3, -0.25) is 14.4 Å². The van der Waals surface area contributed by atoms with E-state index in [0.717, 1.165) is 31.3 Å². The summed E-state index contributed by atoms with van der Waals surface area (Å²) in [7, 11) is 0. The molecule has 3 fully saturated rings. The van der Waals surface area contributed by atoms with Gasteiger partial charge in [0, 0.05) is 30.0 Å². The molecule has 3 aliphatic carbocycles. The number of aliphatic hydroxyl groups is 1. The third-order valence-electron chi connectivity index (χ3n) is 11.4. The number of hydrogen-bond donors (Lipinski definition) is 4. The molecule has 0 bridgehead atoms. The topological polar surface area (TPSA) is 193 Å². The quantitative estimate of drug-likeness (QED) is 0.115. The highest BCUT2D eigenvalue weighted by atomic mass is 16.7. The van der Waals surface area contributed by atoms with Gasteiger partial charge in [-0.25, -0.2) is 9.59 Å². The van der Waals surface area contributed by atoms with Crippen molar-refractivity contribution >= 4 is 35.3 Å². The van der Waals surface area contributed by atoms with Gasteiger partial charge in [0.1, 0.15) is 6.61 Å². The van der Waals surface area contributed by atoms with E-state index in [0.29, 0.717) is 56.3 Å². The Morgan fingerprint density at radius 2 is 1.87 bits per heavy atom. The zero-order valence-corrected chi connectivity index (χ0v) is 31.1. The first-order valence-corrected chi connectivity index (χ1v) is 19.1. The molecule has 53 heavy (non-hydrogen) atoms. The third-order valence-corrected chi connectivity index (χ3v) is 11.4. The highest BCUT2D eigenvalue weighted by Crippen LogP contribution is 2.59. The number of urea groups is 1. The molecule has 1 aromatic rings. The lowest BCUT2D eigenvalue weighted by Crippen LogP contribution is -2.49. The van der Waals surface area contributed by atoms with E-state index in [1.807, 2.05) is 19.9 Å². The van der Waals surface area contributed by atoms with E-state index in [9.17, 15) is 29.1 Å². The smallest absolute Gasteiger partial charge is 0.429 e. The number of benzene rings is 1. The molecule has 0 aromatic heterocycles. The normalized spacial score (nSPS) is 29.4. The summed E-state index contributed by atoms with van der Waals surface area (Å²) in [6.07, 6.45) is 9.57. The van der Waals surface area contributed by atoms with Gasteiger partial charge in [-0.15, -0.1) is 0 Å². The summed E-state index contributed by atoms with van der Waals surface area (Å²) in [5, 5.41) is 16.9. The SMILES string of the molecule is CCCC1O[C@@H]2CC(C3CCC4=CC(=O)C=C[C@]4(C)[C@H]3[C@@H](O)CCC)C[C@]2(C(=O)COC(=O)OCc2ccc(NC(=O)CCCCNC(N)=O)cc2)O1. The molecule has 0 spiro atoms. The van der Waals surface area contributed by atoms with Crippen LogP contribution in [0.25, 0.3) is 0 Å². The van der Waals surface area contributed by atoms with Crippen LogP contribution < -0.4 is 16.4 Å². The molecule has 8 atom stereocenters. The van der Waals surface area contributed by atoms with E-state index in [1.54, 1.807) is 36.4 Å². The number of fused-ring (bicyclic) bond motifs is 2. The average molecular weight is 738 g/mol. The fraction of sp³-hybridized carbons (Fsp3) is 0.625. The summed E-state index contributed by atoms with van der Waals surface area (Å²) >= 11 is 0. The maximum absolute atomic E-state index is 14.0. The molecule has 3 amide bonds.